The van der Waals surface area contributed by atoms with Gasteiger partial charge in [0.2, 0.25) is 0 Å². The van der Waals surface area contributed by atoms with Gasteiger partial charge in [-0.15, -0.1) is 0 Å². The van der Waals surface area contributed by atoms with Gasteiger partial charge in [0, 0.05) is 36.1 Å². The molecule has 0 unspecified atom stereocenters. The zero-order valence-electron chi connectivity index (χ0n) is 20.4. The van der Waals surface area contributed by atoms with Gasteiger partial charge in [-0.2, -0.15) is 0 Å². The first-order valence-electron chi connectivity index (χ1n) is 12.4. The van der Waals surface area contributed by atoms with Crippen LogP contribution in [0.5, 0.6) is 5.75 Å². The quantitative estimate of drug-likeness (QED) is 0.166. The summed E-state index contributed by atoms with van der Waals surface area (Å²) in [5, 5.41) is 0.786. The van der Waals surface area contributed by atoms with Gasteiger partial charge in [-0.1, -0.05) is 40.0 Å². The Balaban J connectivity index is 1.76. The number of furan rings is 1. The van der Waals surface area contributed by atoms with Gasteiger partial charge >= 0.3 is 0 Å². The summed E-state index contributed by atoms with van der Waals surface area (Å²) < 4.78 is 12.1. The van der Waals surface area contributed by atoms with Gasteiger partial charge in [-0.3, -0.25) is 9.69 Å². The average Bonchev–Trinajstić information content (AvgIpc) is 3.19. The van der Waals surface area contributed by atoms with Crippen molar-refractivity contribution in [1.29, 1.82) is 0 Å². The number of anilines is 1. The highest BCUT2D eigenvalue weighted by Crippen LogP contribution is 2.31. The molecule has 178 valence electrons. The van der Waals surface area contributed by atoms with E-state index in [0.717, 1.165) is 49.2 Å². The molecule has 0 aliphatic carbocycles. The number of benzene rings is 2. The number of nitrogens with two attached hydrogens (primary N) is 1. The highest BCUT2D eigenvalue weighted by Gasteiger charge is 2.22. The third-order valence-corrected chi connectivity index (χ3v) is 5.96. The Hall–Kier alpha value is -2.79. The predicted octanol–water partition coefficient (Wildman–Crippen LogP) is 6.83. The molecule has 1 aromatic heterocycles. The van der Waals surface area contributed by atoms with Crippen molar-refractivity contribution >= 4 is 22.4 Å². The second kappa shape index (κ2) is 12.4. The third-order valence-electron chi connectivity index (χ3n) is 5.96. The Morgan fingerprint density at radius 2 is 1.61 bits per heavy atom. The third kappa shape index (κ3) is 6.61. The molecule has 0 amide bonds. The van der Waals surface area contributed by atoms with Crippen molar-refractivity contribution in [3.63, 3.8) is 0 Å². The topological polar surface area (TPSA) is 68.7 Å². The van der Waals surface area contributed by atoms with Gasteiger partial charge < -0.3 is 14.9 Å². The molecule has 1 heterocycles. The lowest BCUT2D eigenvalue weighted by atomic mass is 9.98. The second-order valence-corrected chi connectivity index (χ2v) is 8.71. The highest BCUT2D eigenvalue weighted by atomic mass is 16.5. The van der Waals surface area contributed by atoms with Crippen LogP contribution in [0, 0.1) is 0 Å². The van der Waals surface area contributed by atoms with E-state index in [0.29, 0.717) is 29.1 Å². The van der Waals surface area contributed by atoms with Crippen LogP contribution >= 0.6 is 0 Å². The van der Waals surface area contributed by atoms with Gasteiger partial charge in [-0.05, 0) is 61.7 Å². The van der Waals surface area contributed by atoms with Crippen molar-refractivity contribution < 1.29 is 13.9 Å². The Morgan fingerprint density at radius 1 is 0.939 bits per heavy atom. The standard InChI is InChI=1S/C28H38N2O3/c1-4-7-10-26-27(24-19-22(29)13-16-25(24)33-26)28(31)21-11-14-23(15-12-21)32-20-30(17-8-5-2)18-9-6-3/h11-16,19H,4-10,17-18,20,29H2,1-3H3. The fourth-order valence-electron chi connectivity index (χ4n) is 3.95. The summed E-state index contributed by atoms with van der Waals surface area (Å²) in [5.41, 5.74) is 8.59. The Bertz CT molecular complexity index is 1020. The molecule has 5 heteroatoms. The lowest BCUT2D eigenvalue weighted by Crippen LogP contribution is -2.30. The molecule has 0 aliphatic rings. The van der Waals surface area contributed by atoms with Crippen LogP contribution in [0.15, 0.2) is 46.9 Å². The van der Waals surface area contributed by atoms with E-state index in [9.17, 15) is 4.79 Å². The molecular formula is C28H38N2O3. The molecule has 0 saturated carbocycles. The number of carbonyl (C=O) groups is 1. The fourth-order valence-corrected chi connectivity index (χ4v) is 3.95. The van der Waals surface area contributed by atoms with E-state index >= 15 is 0 Å². The van der Waals surface area contributed by atoms with Crippen LogP contribution in [0.2, 0.25) is 0 Å². The second-order valence-electron chi connectivity index (χ2n) is 8.71. The highest BCUT2D eigenvalue weighted by molar-refractivity contribution is 6.17. The molecule has 0 saturated heterocycles. The predicted molar refractivity (Wildman–Crippen MR) is 136 cm³/mol. The summed E-state index contributed by atoms with van der Waals surface area (Å²) in [7, 11) is 0. The van der Waals surface area contributed by atoms with Gasteiger partial charge in [0.15, 0.2) is 5.78 Å². The van der Waals surface area contributed by atoms with Gasteiger partial charge in [0.1, 0.15) is 23.8 Å². The summed E-state index contributed by atoms with van der Waals surface area (Å²) in [4.78, 5) is 15.8. The van der Waals surface area contributed by atoms with Crippen LogP contribution in [-0.4, -0.2) is 30.5 Å². The number of rotatable bonds is 14. The molecule has 0 radical (unpaired) electrons. The summed E-state index contributed by atoms with van der Waals surface area (Å²) in [6.45, 7) is 9.21. The minimum atomic E-state index is -0.0375. The molecule has 0 aliphatic heterocycles. The molecular weight excluding hydrogens is 412 g/mol. The van der Waals surface area contributed by atoms with Crippen molar-refractivity contribution in [2.75, 3.05) is 25.6 Å². The number of unbranched alkanes of at least 4 members (excludes halogenated alkanes) is 3. The summed E-state index contributed by atoms with van der Waals surface area (Å²) >= 11 is 0. The summed E-state index contributed by atoms with van der Waals surface area (Å²) in [5.74, 6) is 1.48. The summed E-state index contributed by atoms with van der Waals surface area (Å²) in [6, 6.07) is 12.9. The fraction of sp³-hybridized carbons (Fsp3) is 0.464. The first kappa shape index (κ1) is 24.8. The van der Waals surface area contributed by atoms with Crippen LogP contribution in [-0.2, 0) is 6.42 Å². The number of aryl methyl sites for hydroxylation is 1. The van der Waals surface area contributed by atoms with E-state index < -0.39 is 0 Å². The van der Waals surface area contributed by atoms with E-state index in [4.69, 9.17) is 14.9 Å². The van der Waals surface area contributed by atoms with Crippen molar-refractivity contribution in [2.24, 2.45) is 0 Å². The molecule has 0 atom stereocenters. The molecule has 0 fully saturated rings. The molecule has 33 heavy (non-hydrogen) atoms. The Morgan fingerprint density at radius 3 is 2.24 bits per heavy atom. The molecule has 3 aromatic rings. The number of ether oxygens (including phenoxy) is 1. The minimum Gasteiger partial charge on any atom is -0.478 e. The first-order valence-corrected chi connectivity index (χ1v) is 12.4. The van der Waals surface area contributed by atoms with Crippen molar-refractivity contribution in [3.05, 3.63) is 59.4 Å². The van der Waals surface area contributed by atoms with E-state index in [1.807, 2.05) is 36.4 Å². The van der Waals surface area contributed by atoms with E-state index in [2.05, 4.69) is 25.7 Å². The van der Waals surface area contributed by atoms with E-state index in [1.54, 1.807) is 6.07 Å². The molecule has 0 bridgehead atoms. The maximum atomic E-state index is 13.5. The van der Waals surface area contributed by atoms with Crippen LogP contribution in [0.3, 0.4) is 0 Å². The monoisotopic (exact) mass is 450 g/mol. The lowest BCUT2D eigenvalue weighted by Gasteiger charge is -2.22. The van der Waals surface area contributed by atoms with Crippen LogP contribution < -0.4 is 10.5 Å². The van der Waals surface area contributed by atoms with Gasteiger partial charge in [-0.25, -0.2) is 0 Å². The Labute approximate surface area is 197 Å². The SMILES string of the molecule is CCCCc1oc2ccc(N)cc2c1C(=O)c1ccc(OCN(CCCC)CCCC)cc1. The lowest BCUT2D eigenvalue weighted by molar-refractivity contribution is 0.103. The normalized spacial score (nSPS) is 11.4. The zero-order chi connectivity index (χ0) is 23.6. The van der Waals surface area contributed by atoms with Crippen molar-refractivity contribution in [1.82, 2.24) is 4.90 Å². The van der Waals surface area contributed by atoms with Crippen molar-refractivity contribution in [2.45, 2.75) is 65.7 Å². The number of carbonyl (C=O) groups excluding carboxylic acids is 1. The first-order chi connectivity index (χ1) is 16.1. The van der Waals surface area contributed by atoms with Crippen LogP contribution in [0.1, 0.15) is 81.0 Å². The largest absolute Gasteiger partial charge is 0.478 e. The minimum absolute atomic E-state index is 0.0375. The van der Waals surface area contributed by atoms with Gasteiger partial charge in [0.05, 0.1) is 5.56 Å². The van der Waals surface area contributed by atoms with E-state index in [-0.39, 0.29) is 5.78 Å². The molecule has 0 spiro atoms. The number of ketones is 1. The van der Waals surface area contributed by atoms with Crippen LogP contribution in [0.25, 0.3) is 11.0 Å². The Kier molecular flexibility index (Phi) is 9.37. The number of fused-ring (bicyclic) bond motifs is 1. The van der Waals surface area contributed by atoms with Crippen LogP contribution in [0.4, 0.5) is 5.69 Å². The average molecular weight is 451 g/mol. The van der Waals surface area contributed by atoms with E-state index in [1.165, 1.54) is 25.7 Å². The van der Waals surface area contributed by atoms with Gasteiger partial charge in [0.25, 0.3) is 0 Å². The zero-order valence-corrected chi connectivity index (χ0v) is 20.4. The number of hydrogen-bond donors (Lipinski definition) is 1. The smallest absolute Gasteiger partial charge is 0.197 e. The molecule has 2 aromatic carbocycles. The maximum Gasteiger partial charge on any atom is 0.197 e. The molecule has 5 nitrogen and oxygen atoms in total. The summed E-state index contributed by atoms with van der Waals surface area (Å²) in [6.07, 6.45) is 7.43. The number of hydrogen-bond acceptors (Lipinski definition) is 5. The van der Waals surface area contributed by atoms with Crippen molar-refractivity contribution in [3.8, 4) is 5.75 Å². The number of nitrogens with zero attached hydrogens (tertiary/aromatic N) is 1. The molecule has 2 N–H and O–H groups in total. The molecule has 3 rings (SSSR count). The number of nitrogen functional groups attached to an aromatic ring is 1. The maximum absolute atomic E-state index is 13.5.